The van der Waals surface area contributed by atoms with Gasteiger partial charge in [0.1, 0.15) is 0 Å². The van der Waals surface area contributed by atoms with Crippen molar-refractivity contribution < 1.29 is 17.9 Å². The summed E-state index contributed by atoms with van der Waals surface area (Å²) in [6.07, 6.45) is 4.72. The molecular formula is C13H17F3N2O. The first-order chi connectivity index (χ1) is 9.06. The van der Waals surface area contributed by atoms with Gasteiger partial charge in [0.25, 0.3) is 0 Å². The van der Waals surface area contributed by atoms with Crippen molar-refractivity contribution in [1.29, 1.82) is 0 Å². The molecule has 0 unspecified atom stereocenters. The van der Waals surface area contributed by atoms with Crippen LogP contribution in [0.25, 0.3) is 0 Å². The Labute approximate surface area is 109 Å². The van der Waals surface area contributed by atoms with Crippen LogP contribution in [0.1, 0.15) is 25.7 Å². The second-order valence-electron chi connectivity index (χ2n) is 4.76. The van der Waals surface area contributed by atoms with E-state index < -0.39 is 18.2 Å². The van der Waals surface area contributed by atoms with Gasteiger partial charge >= 0.3 is 6.61 Å². The second-order valence-corrected chi connectivity index (χ2v) is 4.76. The van der Waals surface area contributed by atoms with Gasteiger partial charge in [0.15, 0.2) is 11.6 Å². The maximum atomic E-state index is 13.3. The number of ether oxygens (including phenoxy) is 1. The van der Waals surface area contributed by atoms with E-state index in [-0.39, 0.29) is 5.69 Å². The Hall–Kier alpha value is -1.59. The van der Waals surface area contributed by atoms with Gasteiger partial charge in [0, 0.05) is 18.7 Å². The molecule has 19 heavy (non-hydrogen) atoms. The van der Waals surface area contributed by atoms with Crippen molar-refractivity contribution in [2.75, 3.05) is 17.6 Å². The Bertz CT molecular complexity index is 436. The Balaban J connectivity index is 1.93. The van der Waals surface area contributed by atoms with Crippen molar-refractivity contribution in [2.24, 2.45) is 5.92 Å². The number of anilines is 2. The van der Waals surface area contributed by atoms with Gasteiger partial charge in [-0.1, -0.05) is 12.8 Å². The molecule has 1 fully saturated rings. The van der Waals surface area contributed by atoms with E-state index in [0.717, 1.165) is 24.8 Å². The first-order valence-electron chi connectivity index (χ1n) is 6.34. The summed E-state index contributed by atoms with van der Waals surface area (Å²) in [5.41, 5.74) is 6.24. The molecule has 1 aromatic carbocycles. The number of nitrogens with two attached hydrogens (primary N) is 1. The van der Waals surface area contributed by atoms with Crippen LogP contribution in [0.15, 0.2) is 12.1 Å². The zero-order valence-electron chi connectivity index (χ0n) is 10.5. The molecule has 0 saturated heterocycles. The average Bonchev–Trinajstić information content (AvgIpc) is 3.13. The summed E-state index contributed by atoms with van der Waals surface area (Å²) in [6, 6.07) is 2.16. The summed E-state index contributed by atoms with van der Waals surface area (Å²) >= 11 is 0. The van der Waals surface area contributed by atoms with Crippen molar-refractivity contribution in [3.05, 3.63) is 17.9 Å². The van der Waals surface area contributed by atoms with Gasteiger partial charge in [-0.05, 0) is 18.8 Å². The van der Waals surface area contributed by atoms with Crippen molar-refractivity contribution in [3.63, 3.8) is 0 Å². The zero-order valence-corrected chi connectivity index (χ0v) is 10.5. The average molecular weight is 274 g/mol. The smallest absolute Gasteiger partial charge is 0.387 e. The molecule has 0 aliphatic heterocycles. The molecule has 1 aliphatic carbocycles. The number of rotatable bonds is 7. The molecule has 0 spiro atoms. The number of hydrogen-bond acceptors (Lipinski definition) is 3. The van der Waals surface area contributed by atoms with Gasteiger partial charge in [-0.3, -0.25) is 0 Å². The third kappa shape index (κ3) is 4.22. The summed E-state index contributed by atoms with van der Waals surface area (Å²) in [6.45, 7) is -2.37. The lowest BCUT2D eigenvalue weighted by Crippen LogP contribution is -2.08. The van der Waals surface area contributed by atoms with Crippen LogP contribution < -0.4 is 15.8 Å². The van der Waals surface area contributed by atoms with E-state index in [1.165, 1.54) is 18.9 Å². The van der Waals surface area contributed by atoms with Gasteiger partial charge in [-0.15, -0.1) is 0 Å². The highest BCUT2D eigenvalue weighted by Crippen LogP contribution is 2.33. The minimum atomic E-state index is -3.05. The second kappa shape index (κ2) is 6.04. The predicted octanol–water partition coefficient (Wildman–Crippen LogP) is 3.61. The first kappa shape index (κ1) is 13.8. The number of nitrogens with one attached hydrogen (secondary N) is 1. The molecule has 0 heterocycles. The van der Waals surface area contributed by atoms with Crippen molar-refractivity contribution in [1.82, 2.24) is 0 Å². The van der Waals surface area contributed by atoms with Gasteiger partial charge in [-0.2, -0.15) is 8.78 Å². The van der Waals surface area contributed by atoms with Crippen LogP contribution in [0, 0.1) is 11.7 Å². The molecule has 6 heteroatoms. The predicted molar refractivity (Wildman–Crippen MR) is 67.9 cm³/mol. The molecule has 0 aromatic heterocycles. The molecule has 3 nitrogen and oxygen atoms in total. The van der Waals surface area contributed by atoms with E-state index in [1.54, 1.807) is 0 Å². The summed E-state index contributed by atoms with van der Waals surface area (Å²) in [5, 5.41) is 3.02. The lowest BCUT2D eigenvalue weighted by molar-refractivity contribution is -0.0521. The van der Waals surface area contributed by atoms with E-state index in [9.17, 15) is 13.2 Å². The Morgan fingerprint density at radius 3 is 2.74 bits per heavy atom. The highest BCUT2D eigenvalue weighted by molar-refractivity contribution is 5.68. The maximum Gasteiger partial charge on any atom is 0.387 e. The quantitative estimate of drug-likeness (QED) is 0.590. The normalized spacial score (nSPS) is 14.7. The minimum absolute atomic E-state index is 0.186. The topological polar surface area (TPSA) is 47.3 Å². The van der Waals surface area contributed by atoms with Crippen LogP contribution >= 0.6 is 0 Å². The fraction of sp³-hybridized carbons (Fsp3) is 0.538. The lowest BCUT2D eigenvalue weighted by Gasteiger charge is -2.12. The van der Waals surface area contributed by atoms with Gasteiger partial charge < -0.3 is 15.8 Å². The molecule has 0 atom stereocenters. The summed E-state index contributed by atoms with van der Waals surface area (Å²) in [5.74, 6) is -0.541. The number of alkyl halides is 2. The van der Waals surface area contributed by atoms with Gasteiger partial charge in [0.05, 0.1) is 11.4 Å². The third-order valence-corrected chi connectivity index (χ3v) is 3.12. The molecule has 0 amide bonds. The van der Waals surface area contributed by atoms with E-state index in [0.29, 0.717) is 12.2 Å². The molecular weight excluding hydrogens is 257 g/mol. The molecule has 0 radical (unpaired) electrons. The van der Waals surface area contributed by atoms with Crippen LogP contribution in [0.4, 0.5) is 24.5 Å². The van der Waals surface area contributed by atoms with Gasteiger partial charge in [-0.25, -0.2) is 4.39 Å². The first-order valence-corrected chi connectivity index (χ1v) is 6.34. The molecule has 3 N–H and O–H groups in total. The molecule has 0 bridgehead atoms. The highest BCUT2D eigenvalue weighted by atomic mass is 19.3. The summed E-state index contributed by atoms with van der Waals surface area (Å²) < 4.78 is 41.6. The standard InChI is InChI=1S/C13H17F3N2O/c14-9-6-10(17)11(7-12(9)19-13(15)16)18-5-1-2-8-3-4-8/h6-8,13,18H,1-5,17H2. The van der Waals surface area contributed by atoms with Gasteiger partial charge in [0.2, 0.25) is 0 Å². The fourth-order valence-electron chi connectivity index (χ4n) is 1.93. The zero-order chi connectivity index (χ0) is 13.8. The van der Waals surface area contributed by atoms with Crippen molar-refractivity contribution >= 4 is 11.4 Å². The van der Waals surface area contributed by atoms with Crippen LogP contribution in [0.2, 0.25) is 0 Å². The van der Waals surface area contributed by atoms with Crippen LogP contribution in [-0.2, 0) is 0 Å². The molecule has 1 saturated carbocycles. The number of hydrogen-bond donors (Lipinski definition) is 2. The minimum Gasteiger partial charge on any atom is -0.432 e. The van der Waals surface area contributed by atoms with Crippen molar-refractivity contribution in [3.8, 4) is 5.75 Å². The largest absolute Gasteiger partial charge is 0.432 e. The van der Waals surface area contributed by atoms with E-state index in [4.69, 9.17) is 5.73 Å². The fourth-order valence-corrected chi connectivity index (χ4v) is 1.93. The van der Waals surface area contributed by atoms with Crippen LogP contribution in [-0.4, -0.2) is 13.2 Å². The third-order valence-electron chi connectivity index (χ3n) is 3.12. The Morgan fingerprint density at radius 2 is 2.11 bits per heavy atom. The summed E-state index contributed by atoms with van der Waals surface area (Å²) in [4.78, 5) is 0. The molecule has 2 rings (SSSR count). The van der Waals surface area contributed by atoms with E-state index in [1.807, 2.05) is 0 Å². The van der Waals surface area contributed by atoms with E-state index >= 15 is 0 Å². The highest BCUT2D eigenvalue weighted by Gasteiger charge is 2.20. The number of benzene rings is 1. The lowest BCUT2D eigenvalue weighted by atomic mass is 10.2. The monoisotopic (exact) mass is 274 g/mol. The Kier molecular flexibility index (Phi) is 4.39. The van der Waals surface area contributed by atoms with Crippen molar-refractivity contribution in [2.45, 2.75) is 32.3 Å². The number of nitrogen functional groups attached to an aromatic ring is 1. The molecule has 1 aliphatic rings. The number of halogens is 3. The van der Waals surface area contributed by atoms with E-state index in [2.05, 4.69) is 10.1 Å². The van der Waals surface area contributed by atoms with Crippen LogP contribution in [0.3, 0.4) is 0 Å². The molecule has 1 aromatic rings. The SMILES string of the molecule is Nc1cc(F)c(OC(F)F)cc1NCCCC1CC1. The summed E-state index contributed by atoms with van der Waals surface area (Å²) in [7, 11) is 0. The Morgan fingerprint density at radius 1 is 1.37 bits per heavy atom. The van der Waals surface area contributed by atoms with Crippen LogP contribution in [0.5, 0.6) is 5.75 Å². The molecule has 106 valence electrons. The maximum absolute atomic E-state index is 13.3.